The summed E-state index contributed by atoms with van der Waals surface area (Å²) >= 11 is 2.97. The molecular formula is C13H15BrF2N2O. The fourth-order valence-electron chi connectivity index (χ4n) is 2.34. The second-order valence-electron chi connectivity index (χ2n) is 4.77. The van der Waals surface area contributed by atoms with Crippen molar-refractivity contribution in [2.45, 2.75) is 37.8 Å². The van der Waals surface area contributed by atoms with E-state index in [0.29, 0.717) is 0 Å². The Morgan fingerprint density at radius 2 is 1.84 bits per heavy atom. The van der Waals surface area contributed by atoms with Crippen LogP contribution in [0.1, 0.15) is 36.0 Å². The SMILES string of the molecule is NC1CCCCC1NC(=O)c1c(F)cc(Br)cc1F. The molecule has 19 heavy (non-hydrogen) atoms. The Kier molecular flexibility index (Phi) is 4.52. The Labute approximate surface area is 118 Å². The fraction of sp³-hybridized carbons (Fsp3) is 0.462. The number of amides is 1. The van der Waals surface area contributed by atoms with Gasteiger partial charge in [0.2, 0.25) is 0 Å². The maximum atomic E-state index is 13.7. The molecule has 0 heterocycles. The molecule has 0 radical (unpaired) electrons. The van der Waals surface area contributed by atoms with Gasteiger partial charge in [0.1, 0.15) is 17.2 Å². The van der Waals surface area contributed by atoms with E-state index < -0.39 is 23.1 Å². The van der Waals surface area contributed by atoms with Gasteiger partial charge >= 0.3 is 0 Å². The predicted octanol–water partition coefficient (Wildman–Crippen LogP) is 2.73. The van der Waals surface area contributed by atoms with E-state index in [1.54, 1.807) is 0 Å². The normalized spacial score (nSPS) is 23.2. The highest BCUT2D eigenvalue weighted by atomic mass is 79.9. The van der Waals surface area contributed by atoms with Crippen LogP contribution in [-0.2, 0) is 0 Å². The van der Waals surface area contributed by atoms with E-state index in [0.717, 1.165) is 37.8 Å². The lowest BCUT2D eigenvalue weighted by Gasteiger charge is -2.29. The van der Waals surface area contributed by atoms with Crippen molar-refractivity contribution < 1.29 is 13.6 Å². The van der Waals surface area contributed by atoms with E-state index in [9.17, 15) is 13.6 Å². The van der Waals surface area contributed by atoms with E-state index in [-0.39, 0.29) is 16.6 Å². The molecule has 0 bridgehead atoms. The van der Waals surface area contributed by atoms with Crippen LogP contribution in [0.2, 0.25) is 0 Å². The lowest BCUT2D eigenvalue weighted by molar-refractivity contribution is 0.0912. The lowest BCUT2D eigenvalue weighted by atomic mass is 9.91. The Morgan fingerprint density at radius 1 is 1.26 bits per heavy atom. The summed E-state index contributed by atoms with van der Waals surface area (Å²) < 4.78 is 27.6. The number of carbonyl (C=O) groups excluding carboxylic acids is 1. The first-order valence-corrected chi connectivity index (χ1v) is 6.99. The molecule has 0 saturated heterocycles. The highest BCUT2D eigenvalue weighted by Gasteiger charge is 2.26. The second-order valence-corrected chi connectivity index (χ2v) is 5.69. The molecule has 0 aromatic heterocycles. The Bertz CT molecular complexity index is 473. The Hall–Kier alpha value is -1.01. The number of benzene rings is 1. The van der Waals surface area contributed by atoms with Crippen LogP contribution >= 0.6 is 15.9 Å². The molecule has 2 unspecified atom stereocenters. The van der Waals surface area contributed by atoms with Crippen molar-refractivity contribution in [2.24, 2.45) is 5.73 Å². The lowest BCUT2D eigenvalue weighted by Crippen LogP contribution is -2.49. The molecule has 1 aromatic rings. The predicted molar refractivity (Wildman–Crippen MR) is 71.8 cm³/mol. The summed E-state index contributed by atoms with van der Waals surface area (Å²) in [5.41, 5.74) is 5.34. The van der Waals surface area contributed by atoms with Gasteiger partial charge < -0.3 is 11.1 Å². The number of hydrogen-bond acceptors (Lipinski definition) is 2. The van der Waals surface area contributed by atoms with Gasteiger partial charge in [-0.1, -0.05) is 28.8 Å². The van der Waals surface area contributed by atoms with Crippen LogP contribution in [0, 0.1) is 11.6 Å². The molecule has 1 fully saturated rings. The summed E-state index contributed by atoms with van der Waals surface area (Å²) in [4.78, 5) is 11.9. The summed E-state index contributed by atoms with van der Waals surface area (Å²) in [7, 11) is 0. The molecule has 2 rings (SSSR count). The minimum absolute atomic E-state index is 0.153. The third kappa shape index (κ3) is 3.30. The van der Waals surface area contributed by atoms with Gasteiger partial charge in [0.25, 0.3) is 5.91 Å². The Morgan fingerprint density at radius 3 is 2.42 bits per heavy atom. The molecule has 0 spiro atoms. The van der Waals surface area contributed by atoms with E-state index in [4.69, 9.17) is 5.73 Å². The molecule has 1 amide bonds. The summed E-state index contributed by atoms with van der Waals surface area (Å²) in [5, 5.41) is 2.63. The highest BCUT2D eigenvalue weighted by molar-refractivity contribution is 9.10. The Balaban J connectivity index is 2.16. The van der Waals surface area contributed by atoms with Crippen molar-refractivity contribution in [1.29, 1.82) is 0 Å². The second kappa shape index (κ2) is 5.96. The quantitative estimate of drug-likeness (QED) is 0.874. The molecular weight excluding hydrogens is 318 g/mol. The summed E-state index contributed by atoms with van der Waals surface area (Å²) in [6.07, 6.45) is 3.54. The average molecular weight is 333 g/mol. The van der Waals surface area contributed by atoms with Crippen LogP contribution in [0.15, 0.2) is 16.6 Å². The molecule has 6 heteroatoms. The smallest absolute Gasteiger partial charge is 0.257 e. The largest absolute Gasteiger partial charge is 0.348 e. The van der Waals surface area contributed by atoms with E-state index in [1.807, 2.05) is 0 Å². The summed E-state index contributed by atoms with van der Waals surface area (Å²) in [6, 6.07) is 1.76. The minimum atomic E-state index is -0.881. The van der Waals surface area contributed by atoms with Gasteiger partial charge in [0.15, 0.2) is 0 Å². The average Bonchev–Trinajstić information content (AvgIpc) is 2.30. The minimum Gasteiger partial charge on any atom is -0.348 e. The van der Waals surface area contributed by atoms with Crippen molar-refractivity contribution in [1.82, 2.24) is 5.32 Å². The van der Waals surface area contributed by atoms with Gasteiger partial charge in [-0.25, -0.2) is 8.78 Å². The van der Waals surface area contributed by atoms with Crippen molar-refractivity contribution in [3.05, 3.63) is 33.8 Å². The zero-order valence-corrected chi connectivity index (χ0v) is 11.8. The van der Waals surface area contributed by atoms with Crippen LogP contribution in [0.3, 0.4) is 0 Å². The molecule has 0 aliphatic heterocycles. The molecule has 1 saturated carbocycles. The van der Waals surface area contributed by atoms with Gasteiger partial charge in [0.05, 0.1) is 0 Å². The fourth-order valence-corrected chi connectivity index (χ4v) is 2.74. The van der Waals surface area contributed by atoms with Gasteiger partial charge in [0, 0.05) is 16.6 Å². The number of nitrogens with two attached hydrogens (primary N) is 1. The number of nitrogens with one attached hydrogen (secondary N) is 1. The van der Waals surface area contributed by atoms with Crippen LogP contribution in [0.4, 0.5) is 8.78 Å². The number of hydrogen-bond donors (Lipinski definition) is 2. The first-order valence-electron chi connectivity index (χ1n) is 6.20. The zero-order chi connectivity index (χ0) is 14.0. The highest BCUT2D eigenvalue weighted by Crippen LogP contribution is 2.21. The van der Waals surface area contributed by atoms with Crippen LogP contribution < -0.4 is 11.1 Å². The van der Waals surface area contributed by atoms with Crippen LogP contribution in [0.5, 0.6) is 0 Å². The van der Waals surface area contributed by atoms with Gasteiger partial charge in [-0.15, -0.1) is 0 Å². The third-order valence-electron chi connectivity index (χ3n) is 3.37. The first kappa shape index (κ1) is 14.4. The molecule has 2 atom stereocenters. The molecule has 3 N–H and O–H groups in total. The van der Waals surface area contributed by atoms with Gasteiger partial charge in [-0.3, -0.25) is 4.79 Å². The van der Waals surface area contributed by atoms with Crippen LogP contribution in [-0.4, -0.2) is 18.0 Å². The summed E-state index contributed by atoms with van der Waals surface area (Å²) in [5.74, 6) is -2.51. The van der Waals surface area contributed by atoms with Crippen molar-refractivity contribution in [3.63, 3.8) is 0 Å². The van der Waals surface area contributed by atoms with E-state index in [2.05, 4.69) is 21.2 Å². The van der Waals surface area contributed by atoms with Crippen LogP contribution in [0.25, 0.3) is 0 Å². The zero-order valence-electron chi connectivity index (χ0n) is 10.3. The molecule has 104 valence electrons. The van der Waals surface area contributed by atoms with Gasteiger partial charge in [-0.05, 0) is 25.0 Å². The molecule has 1 aliphatic rings. The third-order valence-corrected chi connectivity index (χ3v) is 3.83. The monoisotopic (exact) mass is 332 g/mol. The number of carbonyl (C=O) groups is 1. The number of halogens is 3. The topological polar surface area (TPSA) is 55.1 Å². The number of rotatable bonds is 2. The molecule has 1 aliphatic carbocycles. The maximum Gasteiger partial charge on any atom is 0.257 e. The molecule has 1 aromatic carbocycles. The van der Waals surface area contributed by atoms with Crippen molar-refractivity contribution >= 4 is 21.8 Å². The summed E-state index contributed by atoms with van der Waals surface area (Å²) in [6.45, 7) is 0. The first-order chi connectivity index (χ1) is 8.99. The van der Waals surface area contributed by atoms with E-state index >= 15 is 0 Å². The van der Waals surface area contributed by atoms with Crippen molar-refractivity contribution in [2.75, 3.05) is 0 Å². The standard InChI is InChI=1S/C13H15BrF2N2O/c14-7-5-8(15)12(9(16)6-7)13(19)18-11-4-2-1-3-10(11)17/h5-6,10-11H,1-4,17H2,(H,18,19). The maximum absolute atomic E-state index is 13.7. The van der Waals surface area contributed by atoms with Crippen molar-refractivity contribution in [3.8, 4) is 0 Å². The van der Waals surface area contributed by atoms with E-state index in [1.165, 1.54) is 0 Å². The van der Waals surface area contributed by atoms with Gasteiger partial charge in [-0.2, -0.15) is 0 Å². The molecule has 3 nitrogen and oxygen atoms in total.